The summed E-state index contributed by atoms with van der Waals surface area (Å²) in [5, 5.41) is 0. The molecule has 0 heterocycles. The topological polar surface area (TPSA) is 46.3 Å². The molecule has 2 N–H and O–H groups in total. The molecule has 106 valence electrons. The quantitative estimate of drug-likeness (QED) is 0.851. The fourth-order valence-corrected chi connectivity index (χ4v) is 2.33. The molecule has 0 saturated heterocycles. The van der Waals surface area contributed by atoms with Crippen LogP contribution in [-0.4, -0.2) is 36.6 Å². The van der Waals surface area contributed by atoms with E-state index in [9.17, 15) is 18.0 Å². The van der Waals surface area contributed by atoms with Gasteiger partial charge >= 0.3 is 6.18 Å². The smallest absolute Gasteiger partial charge is 0.342 e. The van der Waals surface area contributed by atoms with E-state index in [0.29, 0.717) is 19.4 Å². The van der Waals surface area contributed by atoms with E-state index in [1.54, 1.807) is 11.9 Å². The van der Waals surface area contributed by atoms with Crippen LogP contribution >= 0.6 is 0 Å². The molecule has 1 rings (SSSR count). The molecule has 0 aromatic carbocycles. The van der Waals surface area contributed by atoms with Crippen molar-refractivity contribution in [1.82, 2.24) is 4.90 Å². The Bertz CT molecular complexity index is 286. The number of nitrogens with two attached hydrogens (primary N) is 1. The summed E-state index contributed by atoms with van der Waals surface area (Å²) in [6.07, 6.45) is -3.35. The highest BCUT2D eigenvalue weighted by atomic mass is 19.4. The van der Waals surface area contributed by atoms with Crippen molar-refractivity contribution < 1.29 is 18.0 Å². The molecule has 1 amide bonds. The number of alkyl halides is 3. The van der Waals surface area contributed by atoms with Crippen LogP contribution in [0.4, 0.5) is 13.2 Å². The summed E-state index contributed by atoms with van der Waals surface area (Å²) in [4.78, 5) is 13.6. The van der Waals surface area contributed by atoms with Crippen LogP contribution in [0.25, 0.3) is 0 Å². The van der Waals surface area contributed by atoms with Crippen molar-refractivity contribution >= 4 is 5.91 Å². The third kappa shape index (κ3) is 3.60. The first-order valence-electron chi connectivity index (χ1n) is 6.30. The number of carbonyl (C=O) groups is 1. The van der Waals surface area contributed by atoms with Crippen molar-refractivity contribution in [1.29, 1.82) is 0 Å². The van der Waals surface area contributed by atoms with Gasteiger partial charge in [-0.05, 0) is 32.6 Å². The van der Waals surface area contributed by atoms with E-state index in [1.807, 2.05) is 6.92 Å². The number of halogens is 3. The molecule has 1 unspecified atom stereocenters. The van der Waals surface area contributed by atoms with Gasteiger partial charge in [0.1, 0.15) is 0 Å². The van der Waals surface area contributed by atoms with Crippen molar-refractivity contribution in [2.45, 2.75) is 44.8 Å². The fourth-order valence-electron chi connectivity index (χ4n) is 2.33. The van der Waals surface area contributed by atoms with Crippen LogP contribution in [0, 0.1) is 11.8 Å². The first-order valence-corrected chi connectivity index (χ1v) is 6.30. The number of amides is 1. The molecular weight excluding hydrogens is 245 g/mol. The molecule has 1 aliphatic rings. The molecule has 1 fully saturated rings. The third-order valence-corrected chi connectivity index (χ3v) is 3.89. The standard InChI is InChI=1S/C12H21F3N2O/c1-8(7-16)17(2)11(18)9-3-5-10(6-4-9)12(13,14)15/h8-10H,3-7,16H2,1-2H3. The Kier molecular flexibility index (Phi) is 5.01. The van der Waals surface area contributed by atoms with Gasteiger partial charge in [-0.15, -0.1) is 0 Å². The second-order valence-electron chi connectivity index (χ2n) is 5.12. The van der Waals surface area contributed by atoms with Crippen LogP contribution in [-0.2, 0) is 4.79 Å². The lowest BCUT2D eigenvalue weighted by molar-refractivity contribution is -0.185. The molecule has 3 nitrogen and oxygen atoms in total. The maximum atomic E-state index is 12.5. The molecule has 1 aliphatic carbocycles. The first kappa shape index (κ1) is 15.3. The second-order valence-corrected chi connectivity index (χ2v) is 5.12. The zero-order valence-electron chi connectivity index (χ0n) is 10.8. The summed E-state index contributed by atoms with van der Waals surface area (Å²) in [5.74, 6) is -1.59. The minimum atomic E-state index is -4.12. The largest absolute Gasteiger partial charge is 0.391 e. The SMILES string of the molecule is CC(CN)N(C)C(=O)C1CCC(C(F)(F)F)CC1. The molecule has 0 aromatic rings. The highest BCUT2D eigenvalue weighted by molar-refractivity contribution is 5.79. The van der Waals surface area contributed by atoms with Crippen molar-refractivity contribution in [3.63, 3.8) is 0 Å². The lowest BCUT2D eigenvalue weighted by Gasteiger charge is -2.33. The zero-order valence-corrected chi connectivity index (χ0v) is 10.8. The van der Waals surface area contributed by atoms with Crippen LogP contribution in [0.2, 0.25) is 0 Å². The van der Waals surface area contributed by atoms with Gasteiger partial charge < -0.3 is 10.6 Å². The highest BCUT2D eigenvalue weighted by Gasteiger charge is 2.42. The predicted molar refractivity (Wildman–Crippen MR) is 62.8 cm³/mol. The highest BCUT2D eigenvalue weighted by Crippen LogP contribution is 2.39. The van der Waals surface area contributed by atoms with Crippen LogP contribution in [0.3, 0.4) is 0 Å². The van der Waals surface area contributed by atoms with Crippen molar-refractivity contribution in [2.24, 2.45) is 17.6 Å². The van der Waals surface area contributed by atoms with Gasteiger partial charge in [-0.25, -0.2) is 0 Å². The van der Waals surface area contributed by atoms with Crippen LogP contribution in [0.5, 0.6) is 0 Å². The van der Waals surface area contributed by atoms with Gasteiger partial charge in [0.2, 0.25) is 5.91 Å². The Morgan fingerprint density at radius 2 is 1.83 bits per heavy atom. The van der Waals surface area contributed by atoms with E-state index in [0.717, 1.165) is 0 Å². The Balaban J connectivity index is 2.50. The summed E-state index contributed by atoms with van der Waals surface area (Å²) < 4.78 is 37.5. The number of nitrogens with zero attached hydrogens (tertiary/aromatic N) is 1. The molecule has 0 aromatic heterocycles. The number of hydrogen-bond donors (Lipinski definition) is 1. The van der Waals surface area contributed by atoms with Crippen molar-refractivity contribution in [3.8, 4) is 0 Å². The summed E-state index contributed by atoms with van der Waals surface area (Å²) in [6, 6.07) is -0.0714. The monoisotopic (exact) mass is 266 g/mol. The van der Waals surface area contributed by atoms with Gasteiger partial charge in [0.15, 0.2) is 0 Å². The molecule has 6 heteroatoms. The van der Waals surface area contributed by atoms with Crippen LogP contribution < -0.4 is 5.73 Å². The van der Waals surface area contributed by atoms with Gasteiger partial charge in [-0.2, -0.15) is 13.2 Å². The van der Waals surface area contributed by atoms with Gasteiger partial charge in [-0.3, -0.25) is 4.79 Å². The summed E-state index contributed by atoms with van der Waals surface area (Å²) in [5.41, 5.74) is 5.48. The average molecular weight is 266 g/mol. The lowest BCUT2D eigenvalue weighted by Crippen LogP contribution is -2.44. The fraction of sp³-hybridized carbons (Fsp3) is 0.917. The zero-order chi connectivity index (χ0) is 13.9. The van der Waals surface area contributed by atoms with E-state index in [4.69, 9.17) is 5.73 Å². The number of likely N-dealkylation sites (N-methyl/N-ethyl adjacent to an activating group) is 1. The normalized spacial score (nSPS) is 26.8. The predicted octanol–water partition coefficient (Wildman–Crippen LogP) is 2.16. The van der Waals surface area contributed by atoms with Gasteiger partial charge in [0.05, 0.1) is 5.92 Å². The van der Waals surface area contributed by atoms with Gasteiger partial charge in [0, 0.05) is 25.6 Å². The summed E-state index contributed by atoms with van der Waals surface area (Å²) in [6.45, 7) is 2.19. The minimum Gasteiger partial charge on any atom is -0.342 e. The number of carbonyl (C=O) groups excluding carboxylic acids is 1. The number of hydrogen-bond acceptors (Lipinski definition) is 2. The maximum Gasteiger partial charge on any atom is 0.391 e. The molecule has 0 aliphatic heterocycles. The third-order valence-electron chi connectivity index (χ3n) is 3.89. The van der Waals surface area contributed by atoms with Crippen molar-refractivity contribution in [3.05, 3.63) is 0 Å². The van der Waals surface area contributed by atoms with Gasteiger partial charge in [0.25, 0.3) is 0 Å². The average Bonchev–Trinajstić information content (AvgIpc) is 2.35. The molecule has 1 atom stereocenters. The Hall–Kier alpha value is -0.780. The lowest BCUT2D eigenvalue weighted by atomic mass is 9.81. The van der Waals surface area contributed by atoms with E-state index >= 15 is 0 Å². The van der Waals surface area contributed by atoms with E-state index in [2.05, 4.69) is 0 Å². The molecule has 0 bridgehead atoms. The summed E-state index contributed by atoms with van der Waals surface area (Å²) >= 11 is 0. The minimum absolute atomic E-state index is 0.0603. The molecule has 1 saturated carbocycles. The van der Waals surface area contributed by atoms with Crippen LogP contribution in [0.15, 0.2) is 0 Å². The first-order chi connectivity index (χ1) is 8.27. The maximum absolute atomic E-state index is 12.5. The van der Waals surface area contributed by atoms with E-state index in [1.165, 1.54) is 0 Å². The van der Waals surface area contributed by atoms with E-state index < -0.39 is 12.1 Å². The second kappa shape index (κ2) is 5.91. The molecular formula is C12H21F3N2O. The van der Waals surface area contributed by atoms with Gasteiger partial charge in [-0.1, -0.05) is 0 Å². The Morgan fingerprint density at radius 3 is 2.22 bits per heavy atom. The molecule has 0 radical (unpaired) electrons. The van der Waals surface area contributed by atoms with Crippen LogP contribution in [0.1, 0.15) is 32.6 Å². The Labute approximate surface area is 106 Å². The van der Waals surface area contributed by atoms with Crippen molar-refractivity contribution in [2.75, 3.05) is 13.6 Å². The Morgan fingerprint density at radius 1 is 1.33 bits per heavy atom. The van der Waals surface area contributed by atoms with E-state index in [-0.39, 0.29) is 30.7 Å². The summed E-state index contributed by atoms with van der Waals surface area (Å²) in [7, 11) is 1.66. The molecule has 0 spiro atoms. The number of rotatable bonds is 3. The molecule has 18 heavy (non-hydrogen) atoms.